The highest BCUT2D eigenvalue weighted by Gasteiger charge is 2.18. The Labute approximate surface area is 135 Å². The second-order valence-corrected chi connectivity index (χ2v) is 6.54. The van der Waals surface area contributed by atoms with Crippen LogP contribution in [0.2, 0.25) is 0 Å². The van der Waals surface area contributed by atoms with E-state index in [0.717, 1.165) is 41.3 Å². The summed E-state index contributed by atoms with van der Waals surface area (Å²) in [5.74, 6) is 0.0210. The average Bonchev–Trinajstić information content (AvgIpc) is 2.57. The average molecular weight is 312 g/mol. The van der Waals surface area contributed by atoms with Gasteiger partial charge in [-0.2, -0.15) is 0 Å². The van der Waals surface area contributed by atoms with Crippen molar-refractivity contribution >= 4 is 17.7 Å². The van der Waals surface area contributed by atoms with Gasteiger partial charge >= 0.3 is 0 Å². The van der Waals surface area contributed by atoms with Crippen LogP contribution in [0.15, 0.2) is 64.4 Å². The Morgan fingerprint density at radius 2 is 1.86 bits per heavy atom. The molecule has 3 nitrogen and oxygen atoms in total. The Hall–Kier alpha value is -1.78. The Bertz CT molecular complexity index is 624. The number of amides is 1. The monoisotopic (exact) mass is 312 g/mol. The molecule has 0 aliphatic carbocycles. The molecule has 1 aliphatic rings. The summed E-state index contributed by atoms with van der Waals surface area (Å²) in [5.41, 5.74) is 0.752. The van der Waals surface area contributed by atoms with E-state index in [1.54, 1.807) is 11.8 Å². The summed E-state index contributed by atoms with van der Waals surface area (Å²) in [6.07, 6.45) is 2.16. The molecule has 1 fully saturated rings. The smallest absolute Gasteiger partial charge is 0.252 e. The number of nitrogens with one attached hydrogen (secondary N) is 2. The third-order valence-electron chi connectivity index (χ3n) is 3.73. The highest BCUT2D eigenvalue weighted by atomic mass is 32.2. The summed E-state index contributed by atoms with van der Waals surface area (Å²) in [7, 11) is 0. The maximum absolute atomic E-state index is 12.6. The summed E-state index contributed by atoms with van der Waals surface area (Å²) in [6, 6.07) is 18.2. The molecule has 114 valence electrons. The molecule has 1 atom stereocenters. The molecule has 22 heavy (non-hydrogen) atoms. The van der Waals surface area contributed by atoms with Crippen LogP contribution < -0.4 is 10.6 Å². The van der Waals surface area contributed by atoms with Gasteiger partial charge in [0.25, 0.3) is 5.91 Å². The minimum Gasteiger partial charge on any atom is -0.348 e. The van der Waals surface area contributed by atoms with Crippen molar-refractivity contribution in [1.82, 2.24) is 10.6 Å². The minimum absolute atomic E-state index is 0.0210. The van der Waals surface area contributed by atoms with Crippen LogP contribution >= 0.6 is 11.8 Å². The number of rotatable bonds is 4. The molecule has 1 saturated heterocycles. The van der Waals surface area contributed by atoms with Gasteiger partial charge in [0.15, 0.2) is 0 Å². The molecule has 4 heteroatoms. The van der Waals surface area contributed by atoms with Gasteiger partial charge in [-0.1, -0.05) is 42.1 Å². The van der Waals surface area contributed by atoms with E-state index in [9.17, 15) is 4.79 Å². The molecule has 1 amide bonds. The standard InChI is InChI=1S/C18H20N2OS/c21-18(20-14-7-6-12-19-13-14)16-10-4-5-11-17(16)22-15-8-2-1-3-9-15/h1-5,8-11,14,19H,6-7,12-13H2,(H,20,21)/t14-/m0/s1. The Morgan fingerprint density at radius 1 is 1.09 bits per heavy atom. The summed E-state index contributed by atoms with van der Waals surface area (Å²) < 4.78 is 0. The Kier molecular flexibility index (Phi) is 5.14. The maximum Gasteiger partial charge on any atom is 0.252 e. The van der Waals surface area contributed by atoms with E-state index in [-0.39, 0.29) is 11.9 Å². The normalized spacial score (nSPS) is 17.9. The first-order valence-electron chi connectivity index (χ1n) is 7.66. The van der Waals surface area contributed by atoms with Crippen LogP contribution in [0.4, 0.5) is 0 Å². The molecule has 0 spiro atoms. The van der Waals surface area contributed by atoms with Gasteiger partial charge in [-0.05, 0) is 43.7 Å². The lowest BCUT2D eigenvalue weighted by atomic mass is 10.1. The fourth-order valence-electron chi connectivity index (χ4n) is 2.60. The fourth-order valence-corrected chi connectivity index (χ4v) is 3.56. The molecule has 2 aromatic rings. The van der Waals surface area contributed by atoms with Crippen molar-refractivity contribution in [3.05, 3.63) is 60.2 Å². The minimum atomic E-state index is 0.0210. The predicted molar refractivity (Wildman–Crippen MR) is 90.4 cm³/mol. The molecule has 1 aliphatic heterocycles. The molecule has 0 bridgehead atoms. The van der Waals surface area contributed by atoms with Crippen molar-refractivity contribution in [3.63, 3.8) is 0 Å². The maximum atomic E-state index is 12.6. The third kappa shape index (κ3) is 3.90. The van der Waals surface area contributed by atoms with Crippen LogP contribution in [0, 0.1) is 0 Å². The van der Waals surface area contributed by atoms with E-state index in [0.29, 0.717) is 0 Å². The number of hydrogen-bond donors (Lipinski definition) is 2. The molecule has 0 unspecified atom stereocenters. The van der Waals surface area contributed by atoms with E-state index in [4.69, 9.17) is 0 Å². The molecule has 0 aromatic heterocycles. The lowest BCUT2D eigenvalue weighted by Crippen LogP contribution is -2.45. The van der Waals surface area contributed by atoms with Crippen molar-refractivity contribution in [3.8, 4) is 0 Å². The molecule has 0 radical (unpaired) electrons. The van der Waals surface area contributed by atoms with Gasteiger partial charge in [-0.3, -0.25) is 4.79 Å². The quantitative estimate of drug-likeness (QED) is 0.910. The first kappa shape index (κ1) is 15.1. The van der Waals surface area contributed by atoms with Crippen LogP contribution in [0.1, 0.15) is 23.2 Å². The number of carbonyl (C=O) groups is 1. The van der Waals surface area contributed by atoms with Gasteiger partial charge in [0.05, 0.1) is 5.56 Å². The van der Waals surface area contributed by atoms with Gasteiger partial charge in [-0.15, -0.1) is 0 Å². The number of carbonyl (C=O) groups excluding carboxylic acids is 1. The molecule has 1 heterocycles. The Balaban J connectivity index is 1.74. The van der Waals surface area contributed by atoms with E-state index >= 15 is 0 Å². The number of hydrogen-bond acceptors (Lipinski definition) is 3. The topological polar surface area (TPSA) is 41.1 Å². The third-order valence-corrected chi connectivity index (χ3v) is 4.82. The fraction of sp³-hybridized carbons (Fsp3) is 0.278. The van der Waals surface area contributed by atoms with Gasteiger partial charge in [-0.25, -0.2) is 0 Å². The van der Waals surface area contributed by atoms with Crippen LogP contribution in [0.5, 0.6) is 0 Å². The van der Waals surface area contributed by atoms with Crippen LogP contribution in [-0.2, 0) is 0 Å². The number of piperidine rings is 1. The van der Waals surface area contributed by atoms with E-state index < -0.39 is 0 Å². The van der Waals surface area contributed by atoms with Gasteiger partial charge in [0.1, 0.15) is 0 Å². The van der Waals surface area contributed by atoms with Crippen molar-refractivity contribution < 1.29 is 4.79 Å². The molecular weight excluding hydrogens is 292 g/mol. The second kappa shape index (κ2) is 7.47. The van der Waals surface area contributed by atoms with Gasteiger partial charge in [0.2, 0.25) is 0 Å². The Morgan fingerprint density at radius 3 is 2.64 bits per heavy atom. The largest absolute Gasteiger partial charge is 0.348 e. The van der Waals surface area contributed by atoms with Crippen LogP contribution in [-0.4, -0.2) is 25.0 Å². The molecule has 2 N–H and O–H groups in total. The van der Waals surface area contributed by atoms with Crippen molar-refractivity contribution in [2.45, 2.75) is 28.7 Å². The summed E-state index contributed by atoms with van der Waals surface area (Å²) >= 11 is 1.63. The molecule has 0 saturated carbocycles. The van der Waals surface area contributed by atoms with E-state index in [1.807, 2.05) is 42.5 Å². The predicted octanol–water partition coefficient (Wildman–Crippen LogP) is 3.32. The van der Waals surface area contributed by atoms with Crippen molar-refractivity contribution in [2.24, 2.45) is 0 Å². The first-order chi connectivity index (χ1) is 10.8. The summed E-state index contributed by atoms with van der Waals surface area (Å²) in [5, 5.41) is 6.47. The zero-order chi connectivity index (χ0) is 15.2. The number of benzene rings is 2. The van der Waals surface area contributed by atoms with Crippen LogP contribution in [0.25, 0.3) is 0 Å². The van der Waals surface area contributed by atoms with Gasteiger partial charge < -0.3 is 10.6 Å². The molecule has 2 aromatic carbocycles. The SMILES string of the molecule is O=C(N[C@H]1CCCNC1)c1ccccc1Sc1ccccc1. The van der Waals surface area contributed by atoms with E-state index in [1.165, 1.54) is 0 Å². The lowest BCUT2D eigenvalue weighted by molar-refractivity contribution is 0.0927. The van der Waals surface area contributed by atoms with E-state index in [2.05, 4.69) is 22.8 Å². The van der Waals surface area contributed by atoms with Crippen molar-refractivity contribution in [2.75, 3.05) is 13.1 Å². The highest BCUT2D eigenvalue weighted by Crippen LogP contribution is 2.30. The van der Waals surface area contributed by atoms with Crippen LogP contribution in [0.3, 0.4) is 0 Å². The highest BCUT2D eigenvalue weighted by molar-refractivity contribution is 7.99. The lowest BCUT2D eigenvalue weighted by Gasteiger charge is -2.24. The molecular formula is C18H20N2OS. The zero-order valence-corrected chi connectivity index (χ0v) is 13.2. The van der Waals surface area contributed by atoms with Crippen molar-refractivity contribution in [1.29, 1.82) is 0 Å². The van der Waals surface area contributed by atoms with Gasteiger partial charge in [0, 0.05) is 22.4 Å². The summed E-state index contributed by atoms with van der Waals surface area (Å²) in [6.45, 7) is 1.91. The zero-order valence-electron chi connectivity index (χ0n) is 12.4. The second-order valence-electron chi connectivity index (χ2n) is 5.43. The summed E-state index contributed by atoms with van der Waals surface area (Å²) in [4.78, 5) is 14.7. The molecule has 3 rings (SSSR count). The first-order valence-corrected chi connectivity index (χ1v) is 8.48.